The second-order valence-electron chi connectivity index (χ2n) is 13.8. The van der Waals surface area contributed by atoms with Crippen LogP contribution in [0.4, 0.5) is 9.18 Å². The molecule has 1 aliphatic heterocycles. The van der Waals surface area contributed by atoms with E-state index in [-0.39, 0.29) is 17.9 Å². The van der Waals surface area contributed by atoms with Crippen LogP contribution in [0.15, 0.2) is 49.0 Å². The Balaban J connectivity index is 2.19. The Hall–Kier alpha value is -3.31. The van der Waals surface area contributed by atoms with Crippen molar-refractivity contribution < 1.29 is 32.6 Å². The first kappa shape index (κ1) is 35.2. The number of aromatic nitrogens is 2. The summed E-state index contributed by atoms with van der Waals surface area (Å²) < 4.78 is 37.0. The summed E-state index contributed by atoms with van der Waals surface area (Å²) in [7, 11) is 0.556. The van der Waals surface area contributed by atoms with Crippen LogP contribution in [0.2, 0.25) is 18.1 Å². The number of benzene rings is 1. The Kier molecular flexibility index (Phi) is 11.0. The zero-order valence-electron chi connectivity index (χ0n) is 27.8. The van der Waals surface area contributed by atoms with Gasteiger partial charge in [0.2, 0.25) is 0 Å². The first-order valence-electron chi connectivity index (χ1n) is 15.0. The normalized spacial score (nSPS) is 21.0. The lowest BCUT2D eigenvalue weighted by Crippen LogP contribution is -2.58. The van der Waals surface area contributed by atoms with Crippen molar-refractivity contribution in [3.8, 4) is 11.4 Å². The van der Waals surface area contributed by atoms with Crippen LogP contribution in [0.25, 0.3) is 11.4 Å². The summed E-state index contributed by atoms with van der Waals surface area (Å²) >= 11 is 0. The van der Waals surface area contributed by atoms with Crippen LogP contribution in [0.3, 0.4) is 0 Å². The predicted molar refractivity (Wildman–Crippen MR) is 170 cm³/mol. The second-order valence-corrected chi connectivity index (χ2v) is 18.6. The Morgan fingerprint density at radius 2 is 1.77 bits per heavy atom. The molecule has 1 aromatic carbocycles. The zero-order chi connectivity index (χ0) is 32.9. The number of methoxy groups -OCH3 is 2. The number of rotatable bonds is 10. The monoisotopic (exact) mass is 629 g/mol. The number of carbonyl (C=O) groups excluding carboxylic acids is 2. The molecule has 1 aliphatic rings. The first-order valence-corrected chi connectivity index (χ1v) is 17.9. The molecule has 0 unspecified atom stereocenters. The molecule has 0 spiro atoms. The van der Waals surface area contributed by atoms with Crippen molar-refractivity contribution in [1.29, 1.82) is 0 Å². The highest BCUT2D eigenvalue weighted by molar-refractivity contribution is 6.74. The van der Waals surface area contributed by atoms with Gasteiger partial charge >= 0.3 is 12.1 Å². The largest absolute Gasteiger partial charge is 0.505 e. The quantitative estimate of drug-likeness (QED) is 0.156. The molecule has 11 heteroatoms. The fourth-order valence-electron chi connectivity index (χ4n) is 5.31. The molecule has 9 nitrogen and oxygen atoms in total. The van der Waals surface area contributed by atoms with Gasteiger partial charge in [-0.1, -0.05) is 39.0 Å². The average Bonchev–Trinajstić information content (AvgIpc) is 3.22. The van der Waals surface area contributed by atoms with Crippen molar-refractivity contribution in [3.63, 3.8) is 0 Å². The minimum Gasteiger partial charge on any atom is -0.505 e. The van der Waals surface area contributed by atoms with E-state index >= 15 is 0 Å². The molecule has 242 valence electrons. The fraction of sp³-hybridized carbons (Fsp3) is 0.576. The summed E-state index contributed by atoms with van der Waals surface area (Å²) in [5.41, 5.74) is -0.834. The third-order valence-corrected chi connectivity index (χ3v) is 12.8. The molecule has 0 bridgehead atoms. The SMILES string of the molecule is COC=CCC[C@H]1[C@@H](O[Si](C)(C)C(C)(C)C)C[C@@](Cc2cccc(-c3ncc(F)cn3)c2)(C(=O)OC)N1C(=O)OC(C)(C)C. The van der Waals surface area contributed by atoms with E-state index < -0.39 is 49.5 Å². The van der Waals surface area contributed by atoms with Gasteiger partial charge in [0.1, 0.15) is 5.60 Å². The van der Waals surface area contributed by atoms with Crippen LogP contribution in [0.1, 0.15) is 66.4 Å². The van der Waals surface area contributed by atoms with Crippen molar-refractivity contribution in [3.05, 3.63) is 60.4 Å². The van der Waals surface area contributed by atoms with E-state index in [2.05, 4.69) is 43.8 Å². The van der Waals surface area contributed by atoms with Crippen molar-refractivity contribution >= 4 is 20.4 Å². The molecule has 3 rings (SSSR count). The molecule has 0 saturated carbocycles. The lowest BCUT2D eigenvalue weighted by molar-refractivity contribution is -0.154. The van der Waals surface area contributed by atoms with Gasteiger partial charge in [-0.3, -0.25) is 4.90 Å². The number of hydrogen-bond donors (Lipinski definition) is 0. The van der Waals surface area contributed by atoms with Crippen LogP contribution in [-0.2, 0) is 29.9 Å². The Morgan fingerprint density at radius 3 is 2.34 bits per heavy atom. The molecule has 0 aliphatic carbocycles. The number of allylic oxidation sites excluding steroid dienone is 1. The lowest BCUT2D eigenvalue weighted by atomic mass is 9.87. The standard InChI is InChI=1S/C33H48FN3O6Si/c1-31(2,3)42-30(39)37-26(16-11-12-17-40-7)27(43-44(9,10)32(4,5)6)20-33(37,29(38)41-8)19-23-14-13-15-24(18-23)28-35-21-25(34)22-36-28/h12-15,17-18,21-22,26-27H,11,16,19-20H2,1-10H3/t26-,27-,33-/m0/s1. The molecular formula is C33H48FN3O6Si. The molecular weight excluding hydrogens is 581 g/mol. The van der Waals surface area contributed by atoms with E-state index in [9.17, 15) is 14.0 Å². The number of likely N-dealkylation sites (tertiary alicyclic amines) is 1. The molecule has 0 radical (unpaired) electrons. The summed E-state index contributed by atoms with van der Waals surface area (Å²) in [6, 6.07) is 6.89. The molecule has 2 heterocycles. The highest BCUT2D eigenvalue weighted by Crippen LogP contribution is 2.46. The highest BCUT2D eigenvalue weighted by atomic mass is 28.4. The van der Waals surface area contributed by atoms with Crippen molar-refractivity contribution in [2.24, 2.45) is 0 Å². The number of hydrogen-bond acceptors (Lipinski definition) is 8. The predicted octanol–water partition coefficient (Wildman–Crippen LogP) is 7.08. The van der Waals surface area contributed by atoms with Crippen LogP contribution >= 0.6 is 0 Å². The third-order valence-electron chi connectivity index (χ3n) is 8.33. The molecule has 0 N–H and O–H groups in total. The summed E-state index contributed by atoms with van der Waals surface area (Å²) in [6.45, 7) is 16.2. The summed E-state index contributed by atoms with van der Waals surface area (Å²) in [5.74, 6) is -0.740. The third kappa shape index (κ3) is 8.23. The van der Waals surface area contributed by atoms with Crippen LogP contribution < -0.4 is 0 Å². The molecule has 2 aromatic rings. The Labute approximate surface area is 262 Å². The Morgan fingerprint density at radius 1 is 1.11 bits per heavy atom. The summed E-state index contributed by atoms with van der Waals surface area (Å²) in [4.78, 5) is 38.0. The lowest BCUT2D eigenvalue weighted by Gasteiger charge is -2.41. The maximum atomic E-state index is 14.2. The van der Waals surface area contributed by atoms with Crippen molar-refractivity contribution in [2.75, 3.05) is 14.2 Å². The van der Waals surface area contributed by atoms with Crippen molar-refractivity contribution in [2.45, 2.75) is 109 Å². The molecule has 1 amide bonds. The van der Waals surface area contributed by atoms with E-state index in [1.54, 1.807) is 39.0 Å². The number of esters is 1. The van der Waals surface area contributed by atoms with Gasteiger partial charge in [0, 0.05) is 18.4 Å². The fourth-order valence-corrected chi connectivity index (χ4v) is 6.67. The molecule has 44 heavy (non-hydrogen) atoms. The number of ether oxygens (including phenoxy) is 3. The zero-order valence-corrected chi connectivity index (χ0v) is 28.8. The highest BCUT2D eigenvalue weighted by Gasteiger charge is 2.61. The maximum absolute atomic E-state index is 14.2. The molecule has 3 atom stereocenters. The smallest absolute Gasteiger partial charge is 0.411 e. The van der Waals surface area contributed by atoms with Gasteiger partial charge in [-0.25, -0.2) is 23.9 Å². The topological polar surface area (TPSA) is 100 Å². The molecule has 1 fully saturated rings. The minimum absolute atomic E-state index is 0.107. The van der Waals surface area contributed by atoms with E-state index in [4.69, 9.17) is 18.6 Å². The van der Waals surface area contributed by atoms with Gasteiger partial charge in [0.25, 0.3) is 0 Å². The maximum Gasteiger partial charge on any atom is 0.411 e. The number of amides is 1. The number of nitrogens with zero attached hydrogens (tertiary/aromatic N) is 3. The van der Waals surface area contributed by atoms with E-state index in [0.717, 1.165) is 18.0 Å². The Bertz CT molecular complexity index is 1320. The van der Waals surface area contributed by atoms with Gasteiger partial charge in [-0.2, -0.15) is 0 Å². The van der Waals surface area contributed by atoms with Gasteiger partial charge < -0.3 is 18.6 Å². The van der Waals surface area contributed by atoms with Crippen molar-refractivity contribution in [1.82, 2.24) is 14.9 Å². The van der Waals surface area contributed by atoms with Crippen LogP contribution in [-0.4, -0.2) is 72.8 Å². The summed E-state index contributed by atoms with van der Waals surface area (Å²) in [6.07, 6.45) is 6.11. The number of carbonyl (C=O) groups is 2. The average molecular weight is 630 g/mol. The van der Waals surface area contributed by atoms with E-state index in [1.165, 1.54) is 7.11 Å². The number of halogens is 1. The van der Waals surface area contributed by atoms with E-state index in [0.29, 0.717) is 24.2 Å². The molecule has 1 saturated heterocycles. The van der Waals surface area contributed by atoms with Gasteiger partial charge in [-0.05, 0) is 69.5 Å². The van der Waals surface area contributed by atoms with Crippen LogP contribution in [0, 0.1) is 5.82 Å². The summed E-state index contributed by atoms with van der Waals surface area (Å²) in [5, 5.41) is -0.107. The van der Waals surface area contributed by atoms with Crippen LogP contribution in [0.5, 0.6) is 0 Å². The first-order chi connectivity index (χ1) is 20.4. The minimum atomic E-state index is -2.36. The van der Waals surface area contributed by atoms with Gasteiger partial charge in [-0.15, -0.1) is 0 Å². The van der Waals surface area contributed by atoms with Gasteiger partial charge in [0.05, 0.1) is 45.0 Å². The van der Waals surface area contributed by atoms with Gasteiger partial charge in [0.15, 0.2) is 25.5 Å². The second kappa shape index (κ2) is 13.8. The van der Waals surface area contributed by atoms with E-state index in [1.807, 2.05) is 30.3 Å². The molecule has 1 aromatic heterocycles.